The monoisotopic (exact) mass is 332 g/mol. The summed E-state index contributed by atoms with van der Waals surface area (Å²) in [5.74, 6) is 0.486. The highest BCUT2D eigenvalue weighted by Gasteiger charge is 2.29. The molecule has 1 aliphatic carbocycles. The third kappa shape index (κ3) is 3.32. The summed E-state index contributed by atoms with van der Waals surface area (Å²) < 4.78 is 27.6. The predicted octanol–water partition coefficient (Wildman–Crippen LogP) is 1.77. The maximum absolute atomic E-state index is 12.1. The minimum Gasteiger partial charge on any atom is -0.326 e. The number of hydrogen-bond donors (Lipinski definition) is 2. The van der Waals surface area contributed by atoms with Gasteiger partial charge in [0.05, 0.1) is 4.90 Å². The van der Waals surface area contributed by atoms with Gasteiger partial charge in [-0.1, -0.05) is 15.9 Å². The highest BCUT2D eigenvalue weighted by atomic mass is 79.9. The molecule has 1 saturated carbocycles. The van der Waals surface area contributed by atoms with Crippen molar-refractivity contribution in [3.05, 3.63) is 28.2 Å². The van der Waals surface area contributed by atoms with E-state index in [9.17, 15) is 8.42 Å². The van der Waals surface area contributed by atoms with Crippen LogP contribution in [0.2, 0.25) is 0 Å². The van der Waals surface area contributed by atoms with Crippen LogP contribution in [0.5, 0.6) is 0 Å². The first-order chi connectivity index (χ1) is 8.40. The summed E-state index contributed by atoms with van der Waals surface area (Å²) in [7, 11) is -3.45. The minimum atomic E-state index is -3.45. The van der Waals surface area contributed by atoms with Gasteiger partial charge in [0.15, 0.2) is 0 Å². The van der Waals surface area contributed by atoms with Crippen LogP contribution in [0.1, 0.15) is 18.4 Å². The summed E-state index contributed by atoms with van der Waals surface area (Å²) in [5.41, 5.74) is 6.78. The van der Waals surface area contributed by atoms with Crippen LogP contribution in [-0.2, 0) is 10.0 Å². The lowest BCUT2D eigenvalue weighted by Gasteiger charge is -2.12. The van der Waals surface area contributed by atoms with E-state index in [1.54, 1.807) is 18.2 Å². The van der Waals surface area contributed by atoms with Crippen LogP contribution in [0.15, 0.2) is 27.6 Å². The van der Waals surface area contributed by atoms with Crippen molar-refractivity contribution in [3.63, 3.8) is 0 Å². The van der Waals surface area contributed by atoms with E-state index in [1.165, 1.54) is 0 Å². The van der Waals surface area contributed by atoms with Crippen LogP contribution in [0, 0.1) is 12.8 Å². The lowest BCUT2D eigenvalue weighted by Crippen LogP contribution is -2.38. The van der Waals surface area contributed by atoms with Crippen molar-refractivity contribution in [2.75, 3.05) is 6.54 Å². The van der Waals surface area contributed by atoms with E-state index in [1.807, 2.05) is 6.92 Å². The van der Waals surface area contributed by atoms with Gasteiger partial charge in [-0.2, -0.15) is 0 Å². The molecule has 18 heavy (non-hydrogen) atoms. The van der Waals surface area contributed by atoms with Gasteiger partial charge in [0.2, 0.25) is 10.0 Å². The Morgan fingerprint density at radius 2 is 2.17 bits per heavy atom. The van der Waals surface area contributed by atoms with Gasteiger partial charge in [0.1, 0.15) is 0 Å². The molecular weight excluding hydrogens is 316 g/mol. The molecule has 1 fully saturated rings. The largest absolute Gasteiger partial charge is 0.326 e. The number of aryl methyl sites for hydroxylation is 1. The number of benzene rings is 1. The van der Waals surface area contributed by atoms with Crippen LogP contribution in [0.25, 0.3) is 0 Å². The van der Waals surface area contributed by atoms with E-state index in [0.29, 0.717) is 12.5 Å². The average molecular weight is 333 g/mol. The zero-order valence-electron chi connectivity index (χ0n) is 10.2. The maximum Gasteiger partial charge on any atom is 0.240 e. The Morgan fingerprint density at radius 1 is 1.50 bits per heavy atom. The van der Waals surface area contributed by atoms with Crippen molar-refractivity contribution >= 4 is 26.0 Å². The van der Waals surface area contributed by atoms with Gasteiger partial charge in [-0.15, -0.1) is 0 Å². The zero-order chi connectivity index (χ0) is 13.3. The molecule has 4 nitrogen and oxygen atoms in total. The molecule has 2 rings (SSSR count). The Morgan fingerprint density at radius 3 is 2.72 bits per heavy atom. The van der Waals surface area contributed by atoms with E-state index < -0.39 is 10.0 Å². The molecule has 0 saturated heterocycles. The van der Waals surface area contributed by atoms with E-state index in [0.717, 1.165) is 22.9 Å². The third-order valence-corrected chi connectivity index (χ3v) is 5.49. The van der Waals surface area contributed by atoms with E-state index >= 15 is 0 Å². The lowest BCUT2D eigenvalue weighted by atomic mass is 10.2. The molecule has 1 aliphatic rings. The lowest BCUT2D eigenvalue weighted by molar-refractivity contribution is 0.547. The topological polar surface area (TPSA) is 72.2 Å². The van der Waals surface area contributed by atoms with Gasteiger partial charge < -0.3 is 5.73 Å². The molecule has 1 unspecified atom stereocenters. The summed E-state index contributed by atoms with van der Waals surface area (Å²) >= 11 is 3.35. The number of nitrogens with two attached hydrogens (primary N) is 1. The molecule has 3 N–H and O–H groups in total. The second kappa shape index (κ2) is 5.28. The summed E-state index contributed by atoms with van der Waals surface area (Å²) in [6.45, 7) is 2.17. The van der Waals surface area contributed by atoms with E-state index in [4.69, 9.17) is 5.73 Å². The summed E-state index contributed by atoms with van der Waals surface area (Å²) in [6.07, 6.45) is 2.22. The number of sulfonamides is 1. The fraction of sp³-hybridized carbons (Fsp3) is 0.500. The predicted molar refractivity (Wildman–Crippen MR) is 74.8 cm³/mol. The van der Waals surface area contributed by atoms with Crippen LogP contribution in [-0.4, -0.2) is 21.0 Å². The first kappa shape index (κ1) is 14.0. The normalized spacial score (nSPS) is 17.7. The maximum atomic E-state index is 12.1. The van der Waals surface area contributed by atoms with Gasteiger partial charge in [-0.25, -0.2) is 13.1 Å². The number of hydrogen-bond acceptors (Lipinski definition) is 3. The molecule has 6 heteroatoms. The van der Waals surface area contributed by atoms with Gasteiger partial charge in [0, 0.05) is 17.1 Å². The molecule has 0 spiro atoms. The van der Waals surface area contributed by atoms with Gasteiger partial charge >= 0.3 is 0 Å². The standard InChI is InChI=1S/C12H17BrN2O2S/c1-8-6-10(4-5-11(8)13)18(16,17)15-7-12(14)9-2-3-9/h4-6,9,12,15H,2-3,7,14H2,1H3. The number of rotatable bonds is 5. The van der Waals surface area contributed by atoms with Gasteiger partial charge in [0.25, 0.3) is 0 Å². The van der Waals surface area contributed by atoms with Crippen LogP contribution in [0.3, 0.4) is 0 Å². The summed E-state index contributed by atoms with van der Waals surface area (Å²) in [5, 5.41) is 0. The molecule has 1 aromatic carbocycles. The molecular formula is C12H17BrN2O2S. The van der Waals surface area contributed by atoms with Crippen molar-refractivity contribution < 1.29 is 8.42 Å². The molecule has 0 heterocycles. The highest BCUT2D eigenvalue weighted by Crippen LogP contribution is 2.31. The van der Waals surface area contributed by atoms with E-state index in [-0.39, 0.29) is 10.9 Å². The first-order valence-electron chi connectivity index (χ1n) is 5.91. The average Bonchev–Trinajstić information content (AvgIpc) is 3.13. The Labute approximate surface area is 116 Å². The van der Waals surface area contributed by atoms with Crippen molar-refractivity contribution in [2.45, 2.75) is 30.7 Å². The molecule has 0 bridgehead atoms. The van der Waals surface area contributed by atoms with Gasteiger partial charge in [-0.05, 0) is 49.4 Å². The SMILES string of the molecule is Cc1cc(S(=O)(=O)NCC(N)C2CC2)ccc1Br. The van der Waals surface area contributed by atoms with Crippen molar-refractivity contribution in [1.29, 1.82) is 0 Å². The van der Waals surface area contributed by atoms with Crippen LogP contribution in [0.4, 0.5) is 0 Å². The fourth-order valence-electron chi connectivity index (χ4n) is 1.76. The van der Waals surface area contributed by atoms with Crippen LogP contribution < -0.4 is 10.5 Å². The molecule has 0 radical (unpaired) electrons. The summed E-state index contributed by atoms with van der Waals surface area (Å²) in [4.78, 5) is 0.284. The minimum absolute atomic E-state index is 0.0729. The molecule has 1 aromatic rings. The number of halogens is 1. The molecule has 0 aromatic heterocycles. The second-order valence-corrected chi connectivity index (χ2v) is 7.39. The quantitative estimate of drug-likeness (QED) is 0.863. The molecule has 100 valence electrons. The third-order valence-electron chi connectivity index (χ3n) is 3.18. The van der Waals surface area contributed by atoms with Crippen molar-refractivity contribution in [3.8, 4) is 0 Å². The first-order valence-corrected chi connectivity index (χ1v) is 8.19. The smallest absolute Gasteiger partial charge is 0.240 e. The van der Waals surface area contributed by atoms with Crippen LogP contribution >= 0.6 is 15.9 Å². The van der Waals surface area contributed by atoms with Crippen molar-refractivity contribution in [1.82, 2.24) is 4.72 Å². The highest BCUT2D eigenvalue weighted by molar-refractivity contribution is 9.10. The zero-order valence-corrected chi connectivity index (χ0v) is 12.6. The Bertz CT molecular complexity index is 541. The number of nitrogens with one attached hydrogen (secondary N) is 1. The Hall–Kier alpha value is -0.430. The fourth-order valence-corrected chi connectivity index (χ4v) is 3.17. The van der Waals surface area contributed by atoms with E-state index in [2.05, 4.69) is 20.7 Å². The molecule has 0 aliphatic heterocycles. The van der Waals surface area contributed by atoms with Gasteiger partial charge in [-0.3, -0.25) is 0 Å². The molecule has 0 amide bonds. The molecule has 1 atom stereocenters. The van der Waals surface area contributed by atoms with Crippen molar-refractivity contribution in [2.24, 2.45) is 11.7 Å². The Balaban J connectivity index is 2.07. The summed E-state index contributed by atoms with van der Waals surface area (Å²) in [6, 6.07) is 4.90. The Kier molecular flexibility index (Phi) is 4.11. The second-order valence-electron chi connectivity index (χ2n) is 4.76.